The van der Waals surface area contributed by atoms with Crippen molar-refractivity contribution < 1.29 is 23.9 Å². The first-order valence-electron chi connectivity index (χ1n) is 7.99. The molecule has 0 aliphatic carbocycles. The van der Waals surface area contributed by atoms with Crippen LogP contribution in [0.4, 0.5) is 10.5 Å². The molecule has 0 saturated carbocycles. The normalized spacial score (nSPS) is 14.4. The highest BCUT2D eigenvalue weighted by Crippen LogP contribution is 2.11. The van der Waals surface area contributed by atoms with Crippen molar-refractivity contribution in [2.45, 2.75) is 25.9 Å². The zero-order valence-electron chi connectivity index (χ0n) is 14.2. The molecule has 1 heterocycles. The van der Waals surface area contributed by atoms with Crippen molar-refractivity contribution >= 4 is 29.5 Å². The quantitative estimate of drug-likeness (QED) is 0.547. The van der Waals surface area contributed by atoms with Gasteiger partial charge < -0.3 is 15.4 Å². The van der Waals surface area contributed by atoms with Gasteiger partial charge in [-0.25, -0.2) is 4.79 Å². The van der Waals surface area contributed by atoms with Gasteiger partial charge in [0.25, 0.3) is 5.91 Å². The molecule has 9 heteroatoms. The van der Waals surface area contributed by atoms with E-state index >= 15 is 0 Å². The second-order valence-electron chi connectivity index (χ2n) is 5.62. The number of urea groups is 1. The van der Waals surface area contributed by atoms with Crippen molar-refractivity contribution in [2.24, 2.45) is 0 Å². The van der Waals surface area contributed by atoms with Crippen LogP contribution in [-0.2, 0) is 19.1 Å². The second kappa shape index (κ2) is 8.62. The number of imide groups is 1. The van der Waals surface area contributed by atoms with Crippen LogP contribution in [0.3, 0.4) is 0 Å². The fraction of sp³-hybridized carbons (Fsp3) is 0.353. The zero-order chi connectivity index (χ0) is 19.1. The van der Waals surface area contributed by atoms with Crippen LogP contribution >= 0.6 is 0 Å². The van der Waals surface area contributed by atoms with Crippen LogP contribution in [-0.4, -0.2) is 47.9 Å². The number of ether oxygens (including phenoxy) is 1. The number of benzene rings is 1. The Labute approximate surface area is 149 Å². The molecule has 1 fully saturated rings. The highest BCUT2D eigenvalue weighted by atomic mass is 16.5. The second-order valence-corrected chi connectivity index (χ2v) is 5.62. The predicted octanol–water partition coefficient (Wildman–Crippen LogP) is 0.760. The monoisotopic (exact) mass is 358 g/mol. The highest BCUT2D eigenvalue weighted by molar-refractivity contribution is 6.02. The Morgan fingerprint density at radius 2 is 2.19 bits per heavy atom. The number of carbonyl (C=O) groups excluding carboxylic acids is 4. The van der Waals surface area contributed by atoms with E-state index < -0.39 is 24.0 Å². The minimum absolute atomic E-state index is 0.0292. The summed E-state index contributed by atoms with van der Waals surface area (Å²) >= 11 is 0. The highest BCUT2D eigenvalue weighted by Gasteiger charge is 2.28. The molecule has 1 saturated heterocycles. The molecular formula is C17H18N4O5. The van der Waals surface area contributed by atoms with E-state index in [0.29, 0.717) is 11.3 Å². The van der Waals surface area contributed by atoms with Crippen molar-refractivity contribution in [1.82, 2.24) is 10.2 Å². The molecule has 1 aromatic rings. The van der Waals surface area contributed by atoms with Crippen molar-refractivity contribution in [3.8, 4) is 6.07 Å². The Hall–Kier alpha value is -3.41. The number of esters is 1. The number of carbonyl (C=O) groups is 4. The van der Waals surface area contributed by atoms with Crippen LogP contribution in [0, 0.1) is 11.3 Å². The first-order valence-corrected chi connectivity index (χ1v) is 7.99. The van der Waals surface area contributed by atoms with Gasteiger partial charge in [-0.15, -0.1) is 0 Å². The molecule has 1 atom stereocenters. The molecule has 26 heavy (non-hydrogen) atoms. The number of rotatable bonds is 7. The lowest BCUT2D eigenvalue weighted by molar-refractivity contribution is -0.153. The number of anilines is 1. The maximum absolute atomic E-state index is 12.0. The third kappa shape index (κ3) is 5.04. The molecule has 1 aliphatic rings. The van der Waals surface area contributed by atoms with Gasteiger partial charge in [-0.2, -0.15) is 5.26 Å². The van der Waals surface area contributed by atoms with E-state index in [1.807, 2.05) is 6.07 Å². The van der Waals surface area contributed by atoms with Crippen molar-refractivity contribution in [3.63, 3.8) is 0 Å². The van der Waals surface area contributed by atoms with E-state index in [9.17, 15) is 19.2 Å². The van der Waals surface area contributed by atoms with E-state index in [4.69, 9.17) is 10.00 Å². The van der Waals surface area contributed by atoms with Crippen LogP contribution in [0.5, 0.6) is 0 Å². The van der Waals surface area contributed by atoms with Crippen molar-refractivity contribution in [3.05, 3.63) is 29.8 Å². The molecule has 0 radical (unpaired) electrons. The summed E-state index contributed by atoms with van der Waals surface area (Å²) in [6, 6.07) is 7.83. The lowest BCUT2D eigenvalue weighted by Crippen LogP contribution is -2.33. The van der Waals surface area contributed by atoms with Crippen molar-refractivity contribution in [1.29, 1.82) is 5.26 Å². The van der Waals surface area contributed by atoms with E-state index in [-0.39, 0.29) is 31.8 Å². The molecule has 2 N–H and O–H groups in total. The molecule has 9 nitrogen and oxygen atoms in total. The SMILES string of the molecule is CC(OC(=O)CCCN1C(=O)CNC1=O)C(=O)Nc1cccc(C#N)c1. The molecular weight excluding hydrogens is 340 g/mol. The maximum atomic E-state index is 12.0. The summed E-state index contributed by atoms with van der Waals surface area (Å²) in [6.07, 6.45) is -0.806. The number of nitrogens with zero attached hydrogens (tertiary/aromatic N) is 2. The first-order chi connectivity index (χ1) is 12.4. The maximum Gasteiger partial charge on any atom is 0.324 e. The van der Waals surface area contributed by atoms with Crippen LogP contribution in [0.2, 0.25) is 0 Å². The summed E-state index contributed by atoms with van der Waals surface area (Å²) in [5.41, 5.74) is 0.823. The average molecular weight is 358 g/mol. The lowest BCUT2D eigenvalue weighted by Gasteiger charge is -2.15. The molecule has 2 rings (SSSR count). The summed E-state index contributed by atoms with van der Waals surface area (Å²) in [5, 5.41) is 13.8. The molecule has 1 aliphatic heterocycles. The summed E-state index contributed by atoms with van der Waals surface area (Å²) in [4.78, 5) is 47.6. The van der Waals surface area contributed by atoms with Crippen molar-refractivity contribution in [2.75, 3.05) is 18.4 Å². The smallest absolute Gasteiger partial charge is 0.324 e. The van der Waals surface area contributed by atoms with Gasteiger partial charge in [0.15, 0.2) is 6.10 Å². The Kier molecular flexibility index (Phi) is 6.27. The summed E-state index contributed by atoms with van der Waals surface area (Å²) in [5.74, 6) is -1.47. The summed E-state index contributed by atoms with van der Waals surface area (Å²) in [6.45, 7) is 1.51. The van der Waals surface area contributed by atoms with Crippen LogP contribution in [0.1, 0.15) is 25.3 Å². The molecule has 1 unspecified atom stereocenters. The van der Waals surface area contributed by atoms with Gasteiger partial charge in [-0.05, 0) is 31.5 Å². The fourth-order valence-corrected chi connectivity index (χ4v) is 2.28. The minimum Gasteiger partial charge on any atom is -0.453 e. The van der Waals surface area contributed by atoms with E-state index in [1.54, 1.807) is 18.2 Å². The topological polar surface area (TPSA) is 129 Å². The standard InChI is InChI=1S/C17H18N4O5/c1-11(16(24)20-13-5-2-4-12(8-13)9-18)26-15(23)6-3-7-21-14(22)10-19-17(21)25/h2,4-5,8,11H,3,6-7,10H2,1H3,(H,19,25)(H,20,24). The summed E-state index contributed by atoms with van der Waals surface area (Å²) in [7, 11) is 0. The molecule has 4 amide bonds. The molecule has 136 valence electrons. The van der Waals surface area contributed by atoms with Gasteiger partial charge in [0.2, 0.25) is 5.91 Å². The van der Waals surface area contributed by atoms with Gasteiger partial charge in [0, 0.05) is 18.7 Å². The molecule has 1 aromatic carbocycles. The third-order valence-electron chi connectivity index (χ3n) is 3.64. The number of amides is 4. The molecule has 0 spiro atoms. The van der Waals surface area contributed by atoms with E-state index in [1.165, 1.54) is 13.0 Å². The van der Waals surface area contributed by atoms with Gasteiger partial charge in [0.05, 0.1) is 18.2 Å². The fourth-order valence-electron chi connectivity index (χ4n) is 2.28. The predicted molar refractivity (Wildman–Crippen MR) is 89.7 cm³/mol. The minimum atomic E-state index is -1.02. The Balaban J connectivity index is 1.75. The van der Waals surface area contributed by atoms with Gasteiger partial charge in [-0.1, -0.05) is 6.07 Å². The van der Waals surface area contributed by atoms with Gasteiger partial charge in [-0.3, -0.25) is 19.3 Å². The number of nitrogens with one attached hydrogen (secondary N) is 2. The lowest BCUT2D eigenvalue weighted by atomic mass is 10.2. The number of hydrogen-bond donors (Lipinski definition) is 2. The van der Waals surface area contributed by atoms with Crippen LogP contribution in [0.15, 0.2) is 24.3 Å². The Morgan fingerprint density at radius 1 is 1.42 bits per heavy atom. The van der Waals surface area contributed by atoms with Crippen LogP contribution < -0.4 is 10.6 Å². The largest absolute Gasteiger partial charge is 0.453 e. The van der Waals surface area contributed by atoms with E-state index in [2.05, 4.69) is 10.6 Å². The molecule has 0 bridgehead atoms. The Morgan fingerprint density at radius 3 is 2.85 bits per heavy atom. The first kappa shape index (κ1) is 18.9. The van der Waals surface area contributed by atoms with Gasteiger partial charge >= 0.3 is 12.0 Å². The summed E-state index contributed by atoms with van der Waals surface area (Å²) < 4.78 is 5.04. The average Bonchev–Trinajstić information content (AvgIpc) is 2.93. The third-order valence-corrected chi connectivity index (χ3v) is 3.64. The number of hydrogen-bond acceptors (Lipinski definition) is 6. The molecule has 0 aromatic heterocycles. The van der Waals surface area contributed by atoms with E-state index in [0.717, 1.165) is 4.90 Å². The van der Waals surface area contributed by atoms with Gasteiger partial charge in [0.1, 0.15) is 0 Å². The number of nitriles is 1. The zero-order valence-corrected chi connectivity index (χ0v) is 14.2. The van der Waals surface area contributed by atoms with Crippen LogP contribution in [0.25, 0.3) is 0 Å². The Bertz CT molecular complexity index is 755.